The van der Waals surface area contributed by atoms with Crippen LogP contribution in [0.25, 0.3) is 0 Å². The summed E-state index contributed by atoms with van der Waals surface area (Å²) in [6.45, 7) is 3.76. The van der Waals surface area contributed by atoms with Gasteiger partial charge in [0, 0.05) is 40.6 Å². The summed E-state index contributed by atoms with van der Waals surface area (Å²) >= 11 is 0. The van der Waals surface area contributed by atoms with Crippen LogP contribution in [0.3, 0.4) is 0 Å². The van der Waals surface area contributed by atoms with Crippen LogP contribution in [-0.4, -0.2) is 23.8 Å². The number of aromatic nitrogens is 1. The van der Waals surface area contributed by atoms with Crippen molar-refractivity contribution in [1.29, 1.82) is 0 Å². The molecule has 2 heterocycles. The average Bonchev–Trinajstić information content (AvgIpc) is 2.73. The van der Waals surface area contributed by atoms with Crippen LogP contribution in [0.1, 0.15) is 43.4 Å². The van der Waals surface area contributed by atoms with Crippen LogP contribution in [-0.2, 0) is 9.59 Å². The molecule has 4 rings (SSSR count). The number of Topliss-reactive ketones (excluding diaryl/α,β-unsaturated/α-hetero) is 1. The maximum absolute atomic E-state index is 13.4. The molecule has 1 amide bonds. The third-order valence-corrected chi connectivity index (χ3v) is 5.58. The number of nitrogens with zero attached hydrogens (tertiary/aromatic N) is 1. The molecule has 0 unspecified atom stereocenters. The van der Waals surface area contributed by atoms with Crippen LogP contribution in [0.5, 0.6) is 5.75 Å². The molecule has 2 N–H and O–H groups in total. The Labute approximate surface area is 176 Å². The van der Waals surface area contributed by atoms with Crippen molar-refractivity contribution in [3.05, 3.63) is 76.3 Å². The van der Waals surface area contributed by atoms with Crippen molar-refractivity contribution in [3.63, 3.8) is 0 Å². The number of carbonyl (C=O) groups is 2. The van der Waals surface area contributed by atoms with Gasteiger partial charge in [-0.3, -0.25) is 9.59 Å². The molecule has 1 aromatic carbocycles. The third-order valence-electron chi connectivity index (χ3n) is 5.58. The van der Waals surface area contributed by atoms with E-state index >= 15 is 0 Å². The van der Waals surface area contributed by atoms with Gasteiger partial charge < -0.3 is 15.4 Å². The fourth-order valence-electron chi connectivity index (χ4n) is 4.24. The van der Waals surface area contributed by atoms with Gasteiger partial charge in [0.1, 0.15) is 11.6 Å². The molecule has 2 aliphatic rings. The summed E-state index contributed by atoms with van der Waals surface area (Å²) in [5.74, 6) is 0.543. The van der Waals surface area contributed by atoms with Gasteiger partial charge in [-0.15, -0.1) is 0 Å². The van der Waals surface area contributed by atoms with Crippen LogP contribution in [0.4, 0.5) is 5.82 Å². The van der Waals surface area contributed by atoms with Crippen molar-refractivity contribution >= 4 is 17.5 Å². The lowest BCUT2D eigenvalue weighted by Crippen LogP contribution is -2.35. The van der Waals surface area contributed by atoms with Crippen molar-refractivity contribution in [2.24, 2.45) is 0 Å². The summed E-state index contributed by atoms with van der Waals surface area (Å²) in [4.78, 5) is 30.7. The van der Waals surface area contributed by atoms with Crippen molar-refractivity contribution in [3.8, 4) is 5.75 Å². The van der Waals surface area contributed by atoms with E-state index in [9.17, 15) is 9.59 Å². The Morgan fingerprint density at radius 1 is 1.17 bits per heavy atom. The fourth-order valence-corrected chi connectivity index (χ4v) is 4.24. The Morgan fingerprint density at radius 2 is 1.97 bits per heavy atom. The number of hydrogen-bond donors (Lipinski definition) is 2. The van der Waals surface area contributed by atoms with Gasteiger partial charge in [-0.1, -0.05) is 18.2 Å². The van der Waals surface area contributed by atoms with Crippen LogP contribution < -0.4 is 15.4 Å². The van der Waals surface area contributed by atoms with Gasteiger partial charge in [-0.2, -0.15) is 0 Å². The van der Waals surface area contributed by atoms with Crippen LogP contribution >= 0.6 is 0 Å². The number of benzene rings is 1. The Hall–Kier alpha value is -3.41. The average molecular weight is 403 g/mol. The van der Waals surface area contributed by atoms with E-state index in [1.165, 1.54) is 0 Å². The molecule has 30 heavy (non-hydrogen) atoms. The van der Waals surface area contributed by atoms with E-state index in [-0.39, 0.29) is 11.7 Å². The summed E-state index contributed by atoms with van der Waals surface area (Å²) in [7, 11) is 1.61. The number of hydrogen-bond acceptors (Lipinski definition) is 5. The second kappa shape index (κ2) is 8.14. The molecular formula is C24H25N3O3. The maximum atomic E-state index is 13.4. The van der Waals surface area contributed by atoms with E-state index in [1.807, 2.05) is 50.2 Å². The molecule has 0 fully saturated rings. The smallest absolute Gasteiger partial charge is 0.255 e. The summed E-state index contributed by atoms with van der Waals surface area (Å²) in [6.07, 6.45) is 2.11. The normalized spacial score (nSPS) is 18.6. The second-order valence-electron chi connectivity index (χ2n) is 7.66. The summed E-state index contributed by atoms with van der Waals surface area (Å²) < 4.78 is 5.40. The molecule has 2 aromatic rings. The quantitative estimate of drug-likeness (QED) is 0.806. The van der Waals surface area contributed by atoms with E-state index in [4.69, 9.17) is 4.74 Å². The number of allylic oxidation sites excluding steroid dienone is 3. The van der Waals surface area contributed by atoms with E-state index in [2.05, 4.69) is 15.6 Å². The minimum Gasteiger partial charge on any atom is -0.497 e. The molecule has 6 nitrogen and oxygen atoms in total. The number of rotatable bonds is 4. The zero-order valence-electron chi connectivity index (χ0n) is 17.4. The first kappa shape index (κ1) is 19.9. The van der Waals surface area contributed by atoms with Crippen LogP contribution in [0, 0.1) is 6.92 Å². The number of amides is 1. The van der Waals surface area contributed by atoms with E-state index in [0.29, 0.717) is 29.1 Å². The number of carbonyl (C=O) groups excluding carboxylic acids is 2. The van der Waals surface area contributed by atoms with Crippen LogP contribution in [0.15, 0.2) is 65.0 Å². The number of anilines is 1. The number of methoxy groups -OCH3 is 1. The Morgan fingerprint density at radius 3 is 2.73 bits per heavy atom. The van der Waals surface area contributed by atoms with Gasteiger partial charge in [-0.25, -0.2) is 4.98 Å². The first-order valence-electron chi connectivity index (χ1n) is 10.1. The molecule has 0 saturated heterocycles. The molecular weight excluding hydrogens is 378 g/mol. The zero-order chi connectivity index (χ0) is 21.3. The van der Waals surface area contributed by atoms with Crippen LogP contribution in [0.2, 0.25) is 0 Å². The standard InChI is InChI=1S/C24H25N3O3/c1-14-7-4-12-20(25-14)27-24(29)21-15(2)26-18-10-6-11-19(28)23(18)22(21)16-8-5-9-17(13-16)30-3/h4-5,7-9,12-13,22,26H,6,10-11H2,1-3H3,(H,25,27,29)/t22-/m1/s1. The molecule has 154 valence electrons. The number of nitrogens with one attached hydrogen (secondary N) is 2. The van der Waals surface area contributed by atoms with Crippen molar-refractivity contribution in [1.82, 2.24) is 10.3 Å². The van der Waals surface area contributed by atoms with Gasteiger partial charge in [0.2, 0.25) is 0 Å². The number of dihydropyridines is 1. The van der Waals surface area contributed by atoms with E-state index < -0.39 is 5.92 Å². The first-order chi connectivity index (χ1) is 14.5. The maximum Gasteiger partial charge on any atom is 0.255 e. The lowest BCUT2D eigenvalue weighted by molar-refractivity contribution is -0.116. The number of ketones is 1. The SMILES string of the molecule is COc1cccc([C@@H]2C(C(=O)Nc3cccc(C)n3)=C(C)NC3=C2C(=O)CCC3)c1. The van der Waals surface area contributed by atoms with Gasteiger partial charge in [0.15, 0.2) is 5.78 Å². The molecule has 1 aliphatic carbocycles. The Bertz CT molecular complexity index is 1080. The van der Waals surface area contributed by atoms with Gasteiger partial charge in [0.25, 0.3) is 5.91 Å². The second-order valence-corrected chi connectivity index (χ2v) is 7.66. The highest BCUT2D eigenvalue weighted by molar-refractivity contribution is 6.09. The topological polar surface area (TPSA) is 80.3 Å². The third kappa shape index (κ3) is 3.73. The van der Waals surface area contributed by atoms with Crippen molar-refractivity contribution in [2.75, 3.05) is 12.4 Å². The molecule has 1 atom stereocenters. The van der Waals surface area contributed by atoms with Gasteiger partial charge >= 0.3 is 0 Å². The Kier molecular flexibility index (Phi) is 5.40. The predicted octanol–water partition coefficient (Wildman–Crippen LogP) is 4.01. The minimum absolute atomic E-state index is 0.0862. The zero-order valence-corrected chi connectivity index (χ0v) is 17.4. The number of aryl methyl sites for hydroxylation is 1. The molecule has 1 aliphatic heterocycles. The number of ether oxygens (including phenoxy) is 1. The van der Waals surface area contributed by atoms with Gasteiger partial charge in [0.05, 0.1) is 7.11 Å². The fraction of sp³-hybridized carbons (Fsp3) is 0.292. The van der Waals surface area contributed by atoms with Crippen molar-refractivity contribution in [2.45, 2.75) is 39.0 Å². The Balaban J connectivity index is 1.80. The highest BCUT2D eigenvalue weighted by Crippen LogP contribution is 2.43. The van der Waals surface area contributed by atoms with Crippen molar-refractivity contribution < 1.29 is 14.3 Å². The summed E-state index contributed by atoms with van der Waals surface area (Å²) in [5, 5.41) is 6.24. The minimum atomic E-state index is -0.450. The lowest BCUT2D eigenvalue weighted by atomic mass is 9.75. The largest absolute Gasteiger partial charge is 0.497 e. The first-order valence-corrected chi connectivity index (χ1v) is 10.1. The van der Waals surface area contributed by atoms with Gasteiger partial charge in [-0.05, 0) is 56.5 Å². The molecule has 0 spiro atoms. The molecule has 6 heteroatoms. The highest BCUT2D eigenvalue weighted by Gasteiger charge is 2.38. The molecule has 0 radical (unpaired) electrons. The lowest BCUT2D eigenvalue weighted by Gasteiger charge is -2.34. The molecule has 1 aromatic heterocycles. The molecule has 0 saturated carbocycles. The number of pyridine rings is 1. The highest BCUT2D eigenvalue weighted by atomic mass is 16.5. The summed E-state index contributed by atoms with van der Waals surface area (Å²) in [5.41, 5.74) is 4.56. The molecule has 0 bridgehead atoms. The summed E-state index contributed by atoms with van der Waals surface area (Å²) in [6, 6.07) is 13.1. The monoisotopic (exact) mass is 403 g/mol. The van der Waals surface area contributed by atoms with E-state index in [1.54, 1.807) is 13.2 Å². The van der Waals surface area contributed by atoms with E-state index in [0.717, 1.165) is 35.5 Å². The predicted molar refractivity (Wildman–Crippen MR) is 115 cm³/mol.